The minimum Gasteiger partial charge on any atom is -0.345 e. The van der Waals surface area contributed by atoms with Crippen LogP contribution in [0.25, 0.3) is 0 Å². The van der Waals surface area contributed by atoms with Gasteiger partial charge >= 0.3 is 0 Å². The van der Waals surface area contributed by atoms with Gasteiger partial charge in [-0.05, 0) is 48.9 Å². The summed E-state index contributed by atoms with van der Waals surface area (Å²) in [5, 5.41) is 3.01. The van der Waals surface area contributed by atoms with E-state index in [-0.39, 0.29) is 10.5 Å². The van der Waals surface area contributed by atoms with Crippen molar-refractivity contribution in [2.45, 2.75) is 28.7 Å². The van der Waals surface area contributed by atoms with E-state index in [0.717, 1.165) is 5.56 Å². The number of amides is 1. The number of carbonyl (C=O) groups excluding carboxylic acids is 2. The summed E-state index contributed by atoms with van der Waals surface area (Å²) in [5.74, 6) is -1.36. The largest absolute Gasteiger partial charge is 0.345 e. The number of benzene rings is 3. The van der Waals surface area contributed by atoms with Gasteiger partial charge in [0.05, 0.1) is 10.9 Å². The zero-order valence-electron chi connectivity index (χ0n) is 17.9. The van der Waals surface area contributed by atoms with Crippen LogP contribution in [0.4, 0.5) is 0 Å². The van der Waals surface area contributed by atoms with E-state index in [2.05, 4.69) is 10.0 Å². The lowest BCUT2D eigenvalue weighted by Crippen LogP contribution is -2.51. The molecule has 2 atom stereocenters. The third-order valence-electron chi connectivity index (χ3n) is 5.01. The fraction of sp³-hybridized carbons (Fsp3) is 0.167. The minimum atomic E-state index is -4.16. The van der Waals surface area contributed by atoms with Crippen molar-refractivity contribution in [1.29, 1.82) is 0 Å². The quantitative estimate of drug-likeness (QED) is 0.301. The van der Waals surface area contributed by atoms with Crippen LogP contribution in [-0.4, -0.2) is 31.0 Å². The van der Waals surface area contributed by atoms with E-state index in [1.807, 2.05) is 6.92 Å². The zero-order valence-corrected chi connectivity index (χ0v) is 21.0. The molecule has 34 heavy (non-hydrogen) atoms. The summed E-state index contributed by atoms with van der Waals surface area (Å²) >= 11 is 17.4. The molecule has 1 amide bonds. The average Bonchev–Trinajstić information content (AvgIpc) is 2.82. The number of rotatable bonds is 9. The maximum atomic E-state index is 13.6. The maximum absolute atomic E-state index is 13.6. The SMILES string of the molecule is Cc1ccc(S(=O)(=O)N[C@H](C(=O)c2ccc(Cl)cc2)[C@H](NC(=O)C(Cl)Cl)c2ccccc2)cc1. The predicted octanol–water partition coefficient (Wildman–Crippen LogP) is 4.84. The number of nitrogens with one attached hydrogen (secondary N) is 2. The molecule has 10 heteroatoms. The van der Waals surface area contributed by atoms with Crippen molar-refractivity contribution in [3.63, 3.8) is 0 Å². The second-order valence-electron chi connectivity index (χ2n) is 7.48. The van der Waals surface area contributed by atoms with Crippen LogP contribution in [0.3, 0.4) is 0 Å². The van der Waals surface area contributed by atoms with Crippen molar-refractivity contribution in [1.82, 2.24) is 10.0 Å². The van der Waals surface area contributed by atoms with E-state index in [1.165, 1.54) is 36.4 Å². The van der Waals surface area contributed by atoms with Gasteiger partial charge < -0.3 is 5.32 Å². The van der Waals surface area contributed by atoms with E-state index >= 15 is 0 Å². The molecule has 0 unspecified atom stereocenters. The fourth-order valence-electron chi connectivity index (χ4n) is 3.26. The van der Waals surface area contributed by atoms with Gasteiger partial charge in [0.25, 0.3) is 5.91 Å². The third-order valence-corrected chi connectivity index (χ3v) is 7.12. The molecule has 0 fully saturated rings. The highest BCUT2D eigenvalue weighted by Gasteiger charge is 2.36. The highest BCUT2D eigenvalue weighted by atomic mass is 35.5. The van der Waals surface area contributed by atoms with Crippen molar-refractivity contribution in [3.05, 3.63) is 101 Å². The Balaban J connectivity index is 2.10. The molecule has 178 valence electrons. The van der Waals surface area contributed by atoms with E-state index in [9.17, 15) is 18.0 Å². The summed E-state index contributed by atoms with van der Waals surface area (Å²) in [6.45, 7) is 1.83. The molecule has 0 saturated heterocycles. The van der Waals surface area contributed by atoms with Gasteiger partial charge in [0.1, 0.15) is 6.04 Å². The topological polar surface area (TPSA) is 92.3 Å². The Morgan fingerprint density at radius 3 is 2.00 bits per heavy atom. The lowest BCUT2D eigenvalue weighted by molar-refractivity contribution is -0.120. The molecule has 0 aliphatic heterocycles. The van der Waals surface area contributed by atoms with Crippen LogP contribution in [0.2, 0.25) is 5.02 Å². The van der Waals surface area contributed by atoms with Crippen LogP contribution in [0.1, 0.15) is 27.5 Å². The number of hydrogen-bond donors (Lipinski definition) is 2. The van der Waals surface area contributed by atoms with Gasteiger partial charge in [-0.2, -0.15) is 4.72 Å². The van der Waals surface area contributed by atoms with Crippen molar-refractivity contribution in [2.75, 3.05) is 0 Å². The summed E-state index contributed by atoms with van der Waals surface area (Å²) in [7, 11) is -4.16. The first kappa shape index (κ1) is 26.2. The minimum absolute atomic E-state index is 0.0299. The Morgan fingerprint density at radius 1 is 0.853 bits per heavy atom. The van der Waals surface area contributed by atoms with Gasteiger partial charge in [0.15, 0.2) is 10.6 Å². The normalized spacial score (nSPS) is 13.3. The number of carbonyl (C=O) groups is 2. The van der Waals surface area contributed by atoms with Gasteiger partial charge in [-0.1, -0.05) is 82.8 Å². The first-order valence-electron chi connectivity index (χ1n) is 10.1. The highest BCUT2D eigenvalue weighted by molar-refractivity contribution is 7.89. The lowest BCUT2D eigenvalue weighted by atomic mass is 9.93. The summed E-state index contributed by atoms with van der Waals surface area (Å²) in [6.07, 6.45) is 0. The number of Topliss-reactive ketones (excluding diaryl/α,β-unsaturated/α-hetero) is 1. The number of hydrogen-bond acceptors (Lipinski definition) is 4. The molecular weight excluding hydrogens is 519 g/mol. The number of halogens is 3. The van der Waals surface area contributed by atoms with Gasteiger partial charge in [0, 0.05) is 10.6 Å². The Labute approximate surface area is 213 Å². The fourth-order valence-corrected chi connectivity index (χ4v) is 4.71. The molecule has 0 bridgehead atoms. The smallest absolute Gasteiger partial charge is 0.253 e. The van der Waals surface area contributed by atoms with E-state index < -0.39 is 38.6 Å². The monoisotopic (exact) mass is 538 g/mol. The van der Waals surface area contributed by atoms with Crippen molar-refractivity contribution in [3.8, 4) is 0 Å². The Kier molecular flexibility index (Phi) is 8.73. The maximum Gasteiger partial charge on any atom is 0.253 e. The molecule has 3 rings (SSSR count). The average molecular weight is 540 g/mol. The predicted molar refractivity (Wildman–Crippen MR) is 134 cm³/mol. The van der Waals surface area contributed by atoms with Crippen molar-refractivity contribution < 1.29 is 18.0 Å². The molecule has 0 saturated carbocycles. The van der Waals surface area contributed by atoms with Crippen molar-refractivity contribution in [2.24, 2.45) is 0 Å². The third kappa shape index (κ3) is 6.58. The summed E-state index contributed by atoms with van der Waals surface area (Å²) in [6, 6.07) is 18.1. The molecule has 6 nitrogen and oxygen atoms in total. The van der Waals surface area contributed by atoms with E-state index in [1.54, 1.807) is 42.5 Å². The number of sulfonamides is 1. The molecule has 3 aromatic rings. The molecule has 0 spiro atoms. The van der Waals surface area contributed by atoms with Crippen LogP contribution in [-0.2, 0) is 14.8 Å². The molecular formula is C24H21Cl3N2O4S. The molecule has 0 aliphatic carbocycles. The summed E-state index contributed by atoms with van der Waals surface area (Å²) < 4.78 is 29.0. The first-order valence-corrected chi connectivity index (χ1v) is 12.8. The van der Waals surface area contributed by atoms with E-state index in [0.29, 0.717) is 10.6 Å². The highest BCUT2D eigenvalue weighted by Crippen LogP contribution is 2.24. The molecule has 0 aliphatic rings. The second kappa shape index (κ2) is 11.3. The van der Waals surface area contributed by atoms with Crippen LogP contribution in [0.15, 0.2) is 83.8 Å². The number of aryl methyl sites for hydroxylation is 1. The van der Waals surface area contributed by atoms with E-state index in [4.69, 9.17) is 34.8 Å². The molecule has 0 heterocycles. The zero-order chi connectivity index (χ0) is 24.9. The Bertz CT molecular complexity index is 1250. The number of ketones is 1. The summed E-state index contributed by atoms with van der Waals surface area (Å²) in [4.78, 5) is 24.6. The Morgan fingerprint density at radius 2 is 1.44 bits per heavy atom. The van der Waals surface area contributed by atoms with Crippen molar-refractivity contribution >= 4 is 56.5 Å². The molecule has 3 aromatic carbocycles. The molecule has 0 radical (unpaired) electrons. The van der Waals surface area contributed by atoms with Gasteiger partial charge in [-0.3, -0.25) is 9.59 Å². The van der Waals surface area contributed by atoms with Crippen LogP contribution in [0.5, 0.6) is 0 Å². The molecule has 0 aromatic heterocycles. The van der Waals surface area contributed by atoms with Crippen LogP contribution >= 0.6 is 34.8 Å². The molecule has 2 N–H and O–H groups in total. The Hall–Kier alpha value is -2.42. The van der Waals surface area contributed by atoms with Crippen LogP contribution < -0.4 is 10.0 Å². The summed E-state index contributed by atoms with van der Waals surface area (Å²) in [5.41, 5.74) is 1.55. The standard InChI is InChI=1S/C24H21Cl3N2O4S/c1-15-7-13-19(14-8-15)34(32,33)29-21(22(30)17-9-11-18(25)12-10-17)20(28-24(31)23(26)27)16-5-3-2-4-6-16/h2-14,20-21,23,29H,1H3,(H,28,31)/t20-,21+/m1/s1. The lowest BCUT2D eigenvalue weighted by Gasteiger charge is -2.28. The first-order chi connectivity index (χ1) is 16.1. The van der Waals surface area contributed by atoms with Gasteiger partial charge in [0.2, 0.25) is 10.0 Å². The van der Waals surface area contributed by atoms with Gasteiger partial charge in [-0.15, -0.1) is 0 Å². The number of alkyl halides is 2. The van der Waals surface area contributed by atoms with Crippen LogP contribution in [0, 0.1) is 6.92 Å². The second-order valence-corrected chi connectivity index (χ2v) is 10.7. The van der Waals surface area contributed by atoms with Gasteiger partial charge in [-0.25, -0.2) is 8.42 Å².